The standard InChI is InChI=1S/C69H59F3N2Si2/c1-45-20-26-48(27-21-45)73(51-32-37-54(38-33-51)75(2,3)4)49-28-22-46(23-29-49)56-41-36-53(74(50-30-24-47(25-31-50)69(70,71)72)52-34-39-55(40-35-52)76(5,6)7)42-66(56)68-62-19-13-12-18-61(62)65-43-63-59-16-10-8-14-57(59)58-15-9-11-17-60(58)64(63)44-67(65)68/h8-44,68H,1-7H3. The number of rotatable bonds is 10. The third-order valence-electron chi connectivity index (χ3n) is 15.6. The highest BCUT2D eigenvalue weighted by molar-refractivity contribution is 6.89. The minimum atomic E-state index is -4.47. The number of aryl methyl sites for hydroxylation is 1. The van der Waals surface area contributed by atoms with E-state index in [2.05, 4.69) is 256 Å². The molecule has 0 amide bonds. The zero-order valence-electron chi connectivity index (χ0n) is 44.0. The highest BCUT2D eigenvalue weighted by Gasteiger charge is 2.34. The van der Waals surface area contributed by atoms with Crippen LogP contribution in [0.2, 0.25) is 39.3 Å². The molecule has 11 aromatic carbocycles. The first kappa shape index (κ1) is 48.9. The molecule has 1 unspecified atom stereocenters. The lowest BCUT2D eigenvalue weighted by Crippen LogP contribution is -2.37. The topological polar surface area (TPSA) is 6.48 Å². The fraction of sp³-hybridized carbons (Fsp3) is 0.130. The molecule has 0 radical (unpaired) electrons. The molecule has 11 aromatic rings. The van der Waals surface area contributed by atoms with Crippen LogP contribution in [-0.4, -0.2) is 16.1 Å². The number of nitrogens with zero attached hydrogens (tertiary/aromatic N) is 2. The van der Waals surface area contributed by atoms with E-state index in [1.165, 1.54) is 82.6 Å². The molecular formula is C69H59F3N2Si2. The van der Waals surface area contributed by atoms with E-state index < -0.39 is 27.9 Å². The number of hydrogen-bond donors (Lipinski definition) is 0. The summed E-state index contributed by atoms with van der Waals surface area (Å²) >= 11 is 0. The molecule has 0 saturated carbocycles. The third kappa shape index (κ3) is 8.81. The second-order valence-electron chi connectivity index (χ2n) is 22.6. The lowest BCUT2D eigenvalue weighted by atomic mass is 9.82. The van der Waals surface area contributed by atoms with E-state index in [-0.39, 0.29) is 5.92 Å². The first-order chi connectivity index (χ1) is 36.5. The van der Waals surface area contributed by atoms with E-state index in [0.29, 0.717) is 5.69 Å². The minimum absolute atomic E-state index is 0.187. The van der Waals surface area contributed by atoms with E-state index in [1.54, 1.807) is 12.1 Å². The summed E-state index contributed by atoms with van der Waals surface area (Å²) in [5.41, 5.74) is 14.2. The van der Waals surface area contributed by atoms with Crippen LogP contribution in [0.25, 0.3) is 54.6 Å². The normalized spacial score (nSPS) is 13.5. The van der Waals surface area contributed by atoms with Crippen molar-refractivity contribution in [1.82, 2.24) is 0 Å². The van der Waals surface area contributed by atoms with E-state index in [0.717, 1.165) is 45.1 Å². The summed E-state index contributed by atoms with van der Waals surface area (Å²) in [5, 5.41) is 10.0. The molecule has 0 heterocycles. The number of hydrogen-bond acceptors (Lipinski definition) is 2. The summed E-state index contributed by atoms with van der Waals surface area (Å²) < 4.78 is 42.5. The molecular weight excluding hydrogens is 970 g/mol. The van der Waals surface area contributed by atoms with Gasteiger partial charge in [0, 0.05) is 40.0 Å². The predicted molar refractivity (Wildman–Crippen MR) is 322 cm³/mol. The van der Waals surface area contributed by atoms with Crippen LogP contribution in [0.15, 0.2) is 224 Å². The van der Waals surface area contributed by atoms with Gasteiger partial charge in [-0.1, -0.05) is 183 Å². The van der Waals surface area contributed by atoms with Gasteiger partial charge in [-0.3, -0.25) is 0 Å². The van der Waals surface area contributed by atoms with Crippen molar-refractivity contribution in [2.24, 2.45) is 0 Å². The van der Waals surface area contributed by atoms with Crippen molar-refractivity contribution in [2.45, 2.75) is 58.3 Å². The smallest absolute Gasteiger partial charge is 0.311 e. The first-order valence-electron chi connectivity index (χ1n) is 26.3. The molecule has 0 aliphatic heterocycles. The maximum absolute atomic E-state index is 14.2. The van der Waals surface area contributed by atoms with Gasteiger partial charge in [-0.05, 0) is 175 Å². The van der Waals surface area contributed by atoms with E-state index in [9.17, 15) is 13.2 Å². The molecule has 2 nitrogen and oxygen atoms in total. The Bertz CT molecular complexity index is 3930. The Morgan fingerprint density at radius 1 is 0.342 bits per heavy atom. The van der Waals surface area contributed by atoms with E-state index in [4.69, 9.17) is 0 Å². The lowest BCUT2D eigenvalue weighted by molar-refractivity contribution is -0.137. The molecule has 0 fully saturated rings. The Labute approximate surface area is 446 Å². The van der Waals surface area contributed by atoms with E-state index >= 15 is 0 Å². The number of fused-ring (bicyclic) bond motifs is 9. The molecule has 12 rings (SSSR count). The molecule has 7 heteroatoms. The maximum Gasteiger partial charge on any atom is 0.416 e. The second-order valence-corrected chi connectivity index (χ2v) is 32.7. The van der Waals surface area contributed by atoms with Gasteiger partial charge >= 0.3 is 6.18 Å². The van der Waals surface area contributed by atoms with Gasteiger partial charge in [-0.15, -0.1) is 0 Å². The van der Waals surface area contributed by atoms with Crippen molar-refractivity contribution in [3.05, 3.63) is 252 Å². The Morgan fingerprint density at radius 2 is 0.737 bits per heavy atom. The van der Waals surface area contributed by atoms with Gasteiger partial charge in [0.25, 0.3) is 0 Å². The van der Waals surface area contributed by atoms with Gasteiger partial charge in [0.05, 0.1) is 21.7 Å². The van der Waals surface area contributed by atoms with Crippen LogP contribution in [0, 0.1) is 6.92 Å². The average molecular weight is 1030 g/mol. The molecule has 0 saturated heterocycles. The zero-order chi connectivity index (χ0) is 52.7. The molecule has 0 aromatic heterocycles. The molecule has 1 aliphatic rings. The maximum atomic E-state index is 14.2. The zero-order valence-corrected chi connectivity index (χ0v) is 46.0. The van der Waals surface area contributed by atoms with Gasteiger partial charge in [0.2, 0.25) is 0 Å². The van der Waals surface area contributed by atoms with Gasteiger partial charge in [0.15, 0.2) is 0 Å². The highest BCUT2D eigenvalue weighted by atomic mass is 28.3. The summed E-state index contributed by atoms with van der Waals surface area (Å²) in [4.78, 5) is 4.44. The van der Waals surface area contributed by atoms with Crippen LogP contribution in [0.3, 0.4) is 0 Å². The number of benzene rings is 11. The Hall–Kier alpha value is -7.98. The van der Waals surface area contributed by atoms with Gasteiger partial charge in [-0.2, -0.15) is 13.2 Å². The molecule has 374 valence electrons. The molecule has 1 aliphatic carbocycles. The Morgan fingerprint density at radius 3 is 1.24 bits per heavy atom. The molecule has 0 N–H and O–H groups in total. The SMILES string of the molecule is Cc1ccc(N(c2ccc(-c3ccc(N(c4ccc(C(F)(F)F)cc4)c4ccc([Si](C)(C)C)cc4)cc3C3c4ccccc4-c4cc5c6ccccc6c6ccccc6c5cc43)cc2)c2ccc([Si](C)(C)C)cc2)cc1. The largest absolute Gasteiger partial charge is 0.416 e. The summed E-state index contributed by atoms with van der Waals surface area (Å²) in [7, 11) is -3.21. The molecule has 76 heavy (non-hydrogen) atoms. The van der Waals surface area contributed by atoms with Crippen LogP contribution in [-0.2, 0) is 6.18 Å². The van der Waals surface area contributed by atoms with Crippen molar-refractivity contribution in [3.8, 4) is 22.3 Å². The monoisotopic (exact) mass is 1030 g/mol. The van der Waals surface area contributed by atoms with Crippen LogP contribution in [0.4, 0.5) is 47.3 Å². The lowest BCUT2D eigenvalue weighted by Gasteiger charge is -2.29. The Kier molecular flexibility index (Phi) is 12.0. The van der Waals surface area contributed by atoms with Crippen molar-refractivity contribution >= 4 is 93.0 Å². The van der Waals surface area contributed by atoms with Crippen LogP contribution in [0.1, 0.15) is 33.7 Å². The van der Waals surface area contributed by atoms with Crippen LogP contribution in [0.5, 0.6) is 0 Å². The number of alkyl halides is 3. The summed E-state index contributed by atoms with van der Waals surface area (Å²) in [6.45, 7) is 16.2. The van der Waals surface area contributed by atoms with Gasteiger partial charge < -0.3 is 9.80 Å². The van der Waals surface area contributed by atoms with Gasteiger partial charge in [-0.25, -0.2) is 0 Å². The molecule has 0 spiro atoms. The summed E-state index contributed by atoms with van der Waals surface area (Å²) in [5.74, 6) is -0.187. The van der Waals surface area contributed by atoms with Crippen LogP contribution < -0.4 is 20.2 Å². The third-order valence-corrected chi connectivity index (χ3v) is 19.7. The second kappa shape index (κ2) is 18.7. The number of anilines is 6. The van der Waals surface area contributed by atoms with Crippen molar-refractivity contribution in [1.29, 1.82) is 0 Å². The average Bonchev–Trinajstić information content (AvgIpc) is 4.00. The quantitative estimate of drug-likeness (QED) is 0.0995. The number of halogens is 3. The van der Waals surface area contributed by atoms with Crippen LogP contribution >= 0.6 is 0 Å². The van der Waals surface area contributed by atoms with Crippen molar-refractivity contribution in [2.75, 3.05) is 9.80 Å². The predicted octanol–water partition coefficient (Wildman–Crippen LogP) is 19.3. The summed E-state index contributed by atoms with van der Waals surface area (Å²) in [6, 6.07) is 78.8. The van der Waals surface area contributed by atoms with Gasteiger partial charge in [0.1, 0.15) is 0 Å². The first-order valence-corrected chi connectivity index (χ1v) is 33.3. The Balaban J connectivity index is 1.08. The summed E-state index contributed by atoms with van der Waals surface area (Å²) in [6.07, 6.45) is -4.47. The molecule has 0 bridgehead atoms. The fourth-order valence-electron chi connectivity index (χ4n) is 11.5. The highest BCUT2D eigenvalue weighted by Crippen LogP contribution is 2.54. The fourth-order valence-corrected chi connectivity index (χ4v) is 13.9. The minimum Gasteiger partial charge on any atom is -0.311 e. The van der Waals surface area contributed by atoms with Crippen molar-refractivity contribution in [3.63, 3.8) is 0 Å². The van der Waals surface area contributed by atoms with E-state index in [1.807, 2.05) is 0 Å². The van der Waals surface area contributed by atoms with Crippen molar-refractivity contribution < 1.29 is 13.2 Å². The molecule has 1 atom stereocenters.